The van der Waals surface area contributed by atoms with E-state index in [9.17, 15) is 8.42 Å². The van der Waals surface area contributed by atoms with Crippen molar-refractivity contribution in [3.8, 4) is 10.6 Å². The van der Waals surface area contributed by atoms with Gasteiger partial charge in [0.25, 0.3) is 0 Å². The number of hydrogen-bond acceptors (Lipinski definition) is 5. The predicted octanol–water partition coefficient (Wildman–Crippen LogP) is 2.90. The Hall–Kier alpha value is -0.990. The minimum atomic E-state index is -3.47. The summed E-state index contributed by atoms with van der Waals surface area (Å²) < 4.78 is 27.3. The van der Waals surface area contributed by atoms with Crippen LogP contribution in [0.3, 0.4) is 0 Å². The molecule has 0 radical (unpaired) electrons. The number of sulfonamides is 1. The van der Waals surface area contributed by atoms with Crippen molar-refractivity contribution in [3.05, 3.63) is 35.3 Å². The Morgan fingerprint density at radius 3 is 2.75 bits per heavy atom. The third-order valence-electron chi connectivity index (χ3n) is 4.27. The van der Waals surface area contributed by atoms with E-state index in [0.29, 0.717) is 18.0 Å². The monoisotopic (exact) mass is 387 g/mol. The molecule has 24 heavy (non-hydrogen) atoms. The summed E-state index contributed by atoms with van der Waals surface area (Å²) in [4.78, 5) is 4.76. The first kappa shape index (κ1) is 19.3. The van der Waals surface area contributed by atoms with Gasteiger partial charge in [-0.05, 0) is 38.3 Å². The van der Waals surface area contributed by atoms with Crippen molar-refractivity contribution in [2.75, 3.05) is 13.1 Å². The lowest BCUT2D eigenvalue weighted by Crippen LogP contribution is -2.33. The Kier molecular flexibility index (Phi) is 6.04. The van der Waals surface area contributed by atoms with Gasteiger partial charge in [0.2, 0.25) is 10.0 Å². The second-order valence-corrected chi connectivity index (χ2v) is 8.89. The molecule has 8 heteroatoms. The first-order valence-electron chi connectivity index (χ1n) is 7.66. The van der Waals surface area contributed by atoms with Gasteiger partial charge in [0.1, 0.15) is 5.01 Å². The molecular formula is C16H22ClN3O2S2. The van der Waals surface area contributed by atoms with Crippen LogP contribution in [0.1, 0.15) is 19.0 Å². The van der Waals surface area contributed by atoms with Gasteiger partial charge >= 0.3 is 0 Å². The summed E-state index contributed by atoms with van der Waals surface area (Å²) in [5.74, 6) is 0.231. The van der Waals surface area contributed by atoms with Gasteiger partial charge in [-0.3, -0.25) is 0 Å². The topological polar surface area (TPSA) is 76.3 Å². The van der Waals surface area contributed by atoms with Crippen molar-refractivity contribution in [2.24, 2.45) is 11.7 Å². The Morgan fingerprint density at radius 2 is 2.17 bits per heavy atom. The fraction of sp³-hybridized carbons (Fsp3) is 0.438. The molecule has 1 aliphatic heterocycles. The molecule has 1 fully saturated rings. The molecule has 0 bridgehead atoms. The van der Waals surface area contributed by atoms with Gasteiger partial charge in [-0.2, -0.15) is 4.31 Å². The van der Waals surface area contributed by atoms with Gasteiger partial charge in [-0.1, -0.05) is 12.1 Å². The molecule has 2 unspecified atom stereocenters. The zero-order valence-corrected chi connectivity index (χ0v) is 16.1. The summed E-state index contributed by atoms with van der Waals surface area (Å²) in [6.07, 6.45) is 0.822. The SMILES string of the molecule is Cc1csc(-c2cccc(S(=O)(=O)N3CCC(C(C)N)C3)c2)n1.Cl. The molecule has 3 rings (SSSR count). The summed E-state index contributed by atoms with van der Waals surface area (Å²) in [6.45, 7) is 4.90. The van der Waals surface area contributed by atoms with Crippen molar-refractivity contribution in [1.29, 1.82) is 0 Å². The molecule has 2 atom stereocenters. The first-order valence-corrected chi connectivity index (χ1v) is 9.98. The number of nitrogens with two attached hydrogens (primary N) is 1. The lowest BCUT2D eigenvalue weighted by atomic mass is 10.0. The predicted molar refractivity (Wildman–Crippen MR) is 100 cm³/mol. The van der Waals surface area contributed by atoms with E-state index in [4.69, 9.17) is 5.73 Å². The molecule has 0 saturated carbocycles. The van der Waals surface area contributed by atoms with E-state index >= 15 is 0 Å². The van der Waals surface area contributed by atoms with Gasteiger partial charge < -0.3 is 5.73 Å². The van der Waals surface area contributed by atoms with Crippen molar-refractivity contribution in [3.63, 3.8) is 0 Å². The zero-order valence-electron chi connectivity index (χ0n) is 13.7. The summed E-state index contributed by atoms with van der Waals surface area (Å²) in [6, 6.07) is 7.05. The second kappa shape index (κ2) is 7.49. The highest BCUT2D eigenvalue weighted by atomic mass is 35.5. The summed E-state index contributed by atoms with van der Waals surface area (Å²) in [5, 5.41) is 2.80. The van der Waals surface area contributed by atoms with E-state index in [2.05, 4.69) is 4.98 Å². The van der Waals surface area contributed by atoms with Crippen LogP contribution in [0.15, 0.2) is 34.5 Å². The fourth-order valence-electron chi connectivity index (χ4n) is 2.83. The lowest BCUT2D eigenvalue weighted by molar-refractivity contribution is 0.429. The van der Waals surface area contributed by atoms with Crippen LogP contribution >= 0.6 is 23.7 Å². The fourth-order valence-corrected chi connectivity index (χ4v) is 5.18. The molecule has 0 amide bonds. The highest BCUT2D eigenvalue weighted by Crippen LogP contribution is 2.29. The van der Waals surface area contributed by atoms with Gasteiger partial charge in [-0.25, -0.2) is 13.4 Å². The smallest absolute Gasteiger partial charge is 0.243 e. The Bertz CT molecular complexity index is 805. The quantitative estimate of drug-likeness (QED) is 0.875. The number of thiazole rings is 1. The van der Waals surface area contributed by atoms with Crippen LogP contribution in [0.4, 0.5) is 0 Å². The molecule has 5 nitrogen and oxygen atoms in total. The first-order chi connectivity index (χ1) is 10.9. The van der Waals surface area contributed by atoms with E-state index in [1.807, 2.05) is 25.3 Å². The standard InChI is InChI=1S/C16H21N3O2S2.ClH/c1-11-10-22-16(18-11)13-4-3-5-15(8-13)23(20,21)19-7-6-14(9-19)12(2)17;/h3-5,8,10,12,14H,6-7,9,17H2,1-2H3;1H. The maximum atomic E-state index is 12.9. The van der Waals surface area contributed by atoms with Crippen molar-refractivity contribution < 1.29 is 8.42 Å². The molecule has 2 aromatic rings. The van der Waals surface area contributed by atoms with Crippen LogP contribution in [0.5, 0.6) is 0 Å². The number of rotatable bonds is 4. The van der Waals surface area contributed by atoms with Crippen molar-refractivity contribution in [1.82, 2.24) is 9.29 Å². The Morgan fingerprint density at radius 1 is 1.42 bits per heavy atom. The number of aryl methyl sites for hydroxylation is 1. The summed E-state index contributed by atoms with van der Waals surface area (Å²) >= 11 is 1.52. The van der Waals surface area contributed by atoms with Crippen LogP contribution < -0.4 is 5.73 Å². The number of nitrogens with zero attached hydrogens (tertiary/aromatic N) is 2. The lowest BCUT2D eigenvalue weighted by Gasteiger charge is -2.18. The molecule has 1 saturated heterocycles. The molecule has 1 aromatic carbocycles. The van der Waals surface area contributed by atoms with Gasteiger partial charge in [0.15, 0.2) is 0 Å². The highest BCUT2D eigenvalue weighted by Gasteiger charge is 2.34. The van der Waals surface area contributed by atoms with E-state index < -0.39 is 10.0 Å². The van der Waals surface area contributed by atoms with Gasteiger partial charge in [0.05, 0.1) is 4.90 Å². The van der Waals surface area contributed by atoms with Crippen LogP contribution in [0, 0.1) is 12.8 Å². The van der Waals surface area contributed by atoms with Crippen molar-refractivity contribution >= 4 is 33.8 Å². The summed E-state index contributed by atoms with van der Waals surface area (Å²) in [5.41, 5.74) is 7.70. The van der Waals surface area contributed by atoms with Gasteiger partial charge in [-0.15, -0.1) is 23.7 Å². The molecular weight excluding hydrogens is 366 g/mol. The van der Waals surface area contributed by atoms with Crippen molar-refractivity contribution in [2.45, 2.75) is 31.2 Å². The molecule has 2 N–H and O–H groups in total. The summed E-state index contributed by atoms with van der Waals surface area (Å²) in [7, 11) is -3.47. The second-order valence-electron chi connectivity index (χ2n) is 6.09. The molecule has 1 aliphatic rings. The maximum absolute atomic E-state index is 12.9. The van der Waals surface area contributed by atoms with E-state index in [-0.39, 0.29) is 24.4 Å². The average molecular weight is 388 g/mol. The average Bonchev–Trinajstić information content (AvgIpc) is 3.16. The largest absolute Gasteiger partial charge is 0.328 e. The van der Waals surface area contributed by atoms with E-state index in [0.717, 1.165) is 22.7 Å². The molecule has 132 valence electrons. The third kappa shape index (κ3) is 3.81. The molecule has 0 aliphatic carbocycles. The number of halogens is 1. The number of benzene rings is 1. The van der Waals surface area contributed by atoms with Crippen LogP contribution in [-0.2, 0) is 10.0 Å². The maximum Gasteiger partial charge on any atom is 0.243 e. The van der Waals surface area contributed by atoms with E-state index in [1.54, 1.807) is 22.5 Å². The third-order valence-corrected chi connectivity index (χ3v) is 7.14. The van der Waals surface area contributed by atoms with Crippen LogP contribution in [-0.4, -0.2) is 36.8 Å². The highest BCUT2D eigenvalue weighted by molar-refractivity contribution is 7.89. The zero-order chi connectivity index (χ0) is 16.6. The molecule has 0 spiro atoms. The minimum Gasteiger partial charge on any atom is -0.328 e. The normalized spacial score (nSPS) is 19.9. The van der Waals surface area contributed by atoms with E-state index in [1.165, 1.54) is 11.3 Å². The number of hydrogen-bond donors (Lipinski definition) is 1. The minimum absolute atomic E-state index is 0. The van der Waals surface area contributed by atoms with Crippen LogP contribution in [0.2, 0.25) is 0 Å². The molecule has 2 heterocycles. The van der Waals surface area contributed by atoms with Crippen LogP contribution in [0.25, 0.3) is 10.6 Å². The number of aromatic nitrogens is 1. The Balaban J connectivity index is 0.00000208. The van der Waals surface area contributed by atoms with Gasteiger partial charge in [0, 0.05) is 35.8 Å². The molecule has 1 aromatic heterocycles. The Labute approximate surface area is 153 Å².